The van der Waals surface area contributed by atoms with Crippen LogP contribution in [0.5, 0.6) is 5.75 Å². The number of ether oxygens (including phenoxy) is 2. The van der Waals surface area contributed by atoms with Crippen LogP contribution in [0.3, 0.4) is 0 Å². The van der Waals surface area contributed by atoms with Gasteiger partial charge in [-0.2, -0.15) is 0 Å². The van der Waals surface area contributed by atoms with Gasteiger partial charge in [0.1, 0.15) is 19.0 Å². The number of amides is 2. The molecule has 2 N–H and O–H groups in total. The maximum atomic E-state index is 13.7. The summed E-state index contributed by atoms with van der Waals surface area (Å²) in [5.41, 5.74) is 3.07. The van der Waals surface area contributed by atoms with Crippen molar-refractivity contribution in [3.63, 3.8) is 0 Å². The number of aliphatic hydroxyl groups is 1. The van der Waals surface area contributed by atoms with Crippen LogP contribution in [0.1, 0.15) is 48.8 Å². The van der Waals surface area contributed by atoms with E-state index in [1.54, 1.807) is 17.1 Å². The normalized spacial score (nSPS) is 15.9. The molecule has 1 fully saturated rings. The summed E-state index contributed by atoms with van der Waals surface area (Å²) < 4.78 is 11.6. The number of carbonyl (C=O) groups is 3. The van der Waals surface area contributed by atoms with Crippen molar-refractivity contribution in [1.82, 2.24) is 10.2 Å². The number of benzene rings is 3. The average molecular weight is 653 g/mol. The summed E-state index contributed by atoms with van der Waals surface area (Å²) in [6.45, 7) is 8.49. The molecule has 3 aromatic rings. The van der Waals surface area contributed by atoms with Crippen LogP contribution in [-0.4, -0.2) is 59.6 Å². The zero-order valence-corrected chi connectivity index (χ0v) is 27.7. The molecule has 0 aliphatic carbocycles. The largest absolute Gasteiger partial charge is 0.489 e. The van der Waals surface area contributed by atoms with Gasteiger partial charge in [0.05, 0.1) is 30.5 Å². The lowest BCUT2D eigenvalue weighted by atomic mass is 9.96. The molecule has 0 bridgehead atoms. The zero-order chi connectivity index (χ0) is 34.1. The lowest BCUT2D eigenvalue weighted by Crippen LogP contribution is -2.45. The van der Waals surface area contributed by atoms with Crippen molar-refractivity contribution in [2.24, 2.45) is 11.8 Å². The molecule has 8 heteroatoms. The third kappa shape index (κ3) is 11.2. The van der Waals surface area contributed by atoms with Crippen molar-refractivity contribution >= 4 is 17.8 Å². The second-order valence-corrected chi connectivity index (χ2v) is 12.4. The van der Waals surface area contributed by atoms with E-state index < -0.39 is 12.0 Å². The van der Waals surface area contributed by atoms with E-state index in [-0.39, 0.29) is 49.4 Å². The van der Waals surface area contributed by atoms with Gasteiger partial charge in [0.25, 0.3) is 0 Å². The Kier molecular flexibility index (Phi) is 14.5. The number of carbonyl (C=O) groups excluding carboxylic acids is 3. The first kappa shape index (κ1) is 36.2. The summed E-state index contributed by atoms with van der Waals surface area (Å²) in [7, 11) is 0. The van der Waals surface area contributed by atoms with Gasteiger partial charge < -0.3 is 24.8 Å². The minimum Gasteiger partial charge on any atom is -0.489 e. The van der Waals surface area contributed by atoms with Crippen LogP contribution in [0.4, 0.5) is 0 Å². The minimum atomic E-state index is -0.606. The number of nitrogens with one attached hydrogen (secondary N) is 1. The molecule has 1 heterocycles. The lowest BCUT2D eigenvalue weighted by molar-refractivity contribution is -0.152. The molecule has 0 saturated carbocycles. The third-order valence-electron chi connectivity index (χ3n) is 8.66. The van der Waals surface area contributed by atoms with Crippen molar-refractivity contribution in [1.29, 1.82) is 0 Å². The molecule has 1 saturated heterocycles. The van der Waals surface area contributed by atoms with Gasteiger partial charge >= 0.3 is 5.97 Å². The molecule has 2 amide bonds. The number of hydrogen-bond acceptors (Lipinski definition) is 6. The third-order valence-corrected chi connectivity index (χ3v) is 8.66. The van der Waals surface area contributed by atoms with E-state index in [2.05, 4.69) is 18.5 Å². The maximum absolute atomic E-state index is 13.7. The molecular formula is C40H48N2O6. The van der Waals surface area contributed by atoms with Gasteiger partial charge in [0.2, 0.25) is 11.8 Å². The molecule has 254 valence electrons. The smallest absolute Gasteiger partial charge is 0.309 e. The van der Waals surface area contributed by atoms with Crippen molar-refractivity contribution in [2.75, 3.05) is 19.8 Å². The van der Waals surface area contributed by atoms with Crippen LogP contribution < -0.4 is 10.1 Å². The molecular weight excluding hydrogens is 604 g/mol. The molecule has 4 unspecified atom stereocenters. The summed E-state index contributed by atoms with van der Waals surface area (Å²) in [5, 5.41) is 12.9. The molecule has 4 atom stereocenters. The van der Waals surface area contributed by atoms with Crippen molar-refractivity contribution < 1.29 is 29.0 Å². The Hall–Kier alpha value is -4.69. The summed E-state index contributed by atoms with van der Waals surface area (Å²) in [4.78, 5) is 41.6. The van der Waals surface area contributed by atoms with Crippen LogP contribution >= 0.6 is 0 Å². The van der Waals surface area contributed by atoms with Crippen molar-refractivity contribution in [2.45, 2.75) is 63.6 Å². The Morgan fingerprint density at radius 2 is 1.48 bits per heavy atom. The van der Waals surface area contributed by atoms with Crippen LogP contribution in [-0.2, 0) is 38.6 Å². The first-order valence-corrected chi connectivity index (χ1v) is 16.8. The van der Waals surface area contributed by atoms with E-state index in [4.69, 9.17) is 9.47 Å². The Bertz CT molecular complexity index is 1460. The standard InChI is InChI=1S/C40H48N2O6/c1-3-12-33(26-38(44)41-35(27-43)25-31-19-21-37(22-20-31)47-28-32-16-9-6-10-17-32)39(45)42-23-11-18-36(42)29-48-40(46)34(13-4-2)24-30-14-7-5-8-15-30/h3-10,14-17,19-22,33-36,43H,1-2,11-13,18,23-29H2,(H,41,44). The fourth-order valence-electron chi connectivity index (χ4n) is 6.08. The second kappa shape index (κ2) is 19.2. The average Bonchev–Trinajstić information content (AvgIpc) is 3.59. The van der Waals surface area contributed by atoms with Crippen LogP contribution in [0.2, 0.25) is 0 Å². The van der Waals surface area contributed by atoms with Gasteiger partial charge in [-0.3, -0.25) is 14.4 Å². The molecule has 0 aromatic heterocycles. The molecule has 8 nitrogen and oxygen atoms in total. The number of allylic oxidation sites excluding steroid dienone is 2. The number of rotatable bonds is 19. The number of aliphatic hydroxyl groups excluding tert-OH is 1. The summed E-state index contributed by atoms with van der Waals surface area (Å²) in [5.74, 6) is -0.986. The quantitative estimate of drug-likeness (QED) is 0.125. The van der Waals surface area contributed by atoms with Gasteiger partial charge in [0, 0.05) is 13.0 Å². The Labute approximate surface area is 284 Å². The van der Waals surface area contributed by atoms with E-state index >= 15 is 0 Å². The van der Waals surface area contributed by atoms with E-state index in [9.17, 15) is 19.5 Å². The highest BCUT2D eigenvalue weighted by Crippen LogP contribution is 2.25. The Morgan fingerprint density at radius 1 is 0.854 bits per heavy atom. The first-order valence-electron chi connectivity index (χ1n) is 16.8. The predicted octanol–water partition coefficient (Wildman–Crippen LogP) is 5.84. The fraction of sp³-hybridized carbons (Fsp3) is 0.375. The molecule has 0 spiro atoms. The van der Waals surface area contributed by atoms with Crippen LogP contribution in [0, 0.1) is 11.8 Å². The topological polar surface area (TPSA) is 105 Å². The monoisotopic (exact) mass is 652 g/mol. The van der Waals surface area contributed by atoms with Gasteiger partial charge in [-0.25, -0.2) is 0 Å². The van der Waals surface area contributed by atoms with Crippen molar-refractivity contribution in [3.05, 3.63) is 127 Å². The number of likely N-dealkylation sites (tertiary alicyclic amines) is 1. The summed E-state index contributed by atoms with van der Waals surface area (Å²) in [6.07, 6.45) is 6.68. The number of hydrogen-bond donors (Lipinski definition) is 2. The van der Waals surface area contributed by atoms with E-state index in [0.29, 0.717) is 38.8 Å². The van der Waals surface area contributed by atoms with E-state index in [1.165, 1.54) is 0 Å². The van der Waals surface area contributed by atoms with Gasteiger partial charge in [-0.05, 0) is 67.3 Å². The first-order chi connectivity index (χ1) is 23.4. The molecule has 1 aliphatic heterocycles. The van der Waals surface area contributed by atoms with Gasteiger partial charge in [0.15, 0.2) is 0 Å². The molecule has 4 rings (SSSR count). The SMILES string of the molecule is C=CCC(Cc1ccccc1)C(=O)OCC1CCCN1C(=O)C(CC=C)CC(=O)NC(CO)Cc1ccc(OCc2ccccc2)cc1. The zero-order valence-electron chi connectivity index (χ0n) is 27.7. The summed E-state index contributed by atoms with van der Waals surface area (Å²) >= 11 is 0. The number of esters is 1. The van der Waals surface area contributed by atoms with Crippen LogP contribution in [0.25, 0.3) is 0 Å². The van der Waals surface area contributed by atoms with Crippen molar-refractivity contribution in [3.8, 4) is 5.75 Å². The molecule has 48 heavy (non-hydrogen) atoms. The predicted molar refractivity (Wildman–Crippen MR) is 187 cm³/mol. The lowest BCUT2D eigenvalue weighted by Gasteiger charge is -2.29. The van der Waals surface area contributed by atoms with E-state index in [1.807, 2.05) is 84.9 Å². The maximum Gasteiger partial charge on any atom is 0.309 e. The van der Waals surface area contributed by atoms with E-state index in [0.717, 1.165) is 35.3 Å². The highest BCUT2D eigenvalue weighted by molar-refractivity contribution is 5.86. The van der Waals surface area contributed by atoms with Gasteiger partial charge in [-0.15, -0.1) is 13.2 Å². The minimum absolute atomic E-state index is 0.0326. The highest BCUT2D eigenvalue weighted by Gasteiger charge is 2.35. The Morgan fingerprint density at radius 3 is 2.12 bits per heavy atom. The van der Waals surface area contributed by atoms with Gasteiger partial charge in [-0.1, -0.05) is 84.9 Å². The molecule has 0 radical (unpaired) electrons. The summed E-state index contributed by atoms with van der Waals surface area (Å²) in [6, 6.07) is 26.5. The molecule has 1 aliphatic rings. The fourth-order valence-corrected chi connectivity index (χ4v) is 6.08. The highest BCUT2D eigenvalue weighted by atomic mass is 16.5. The Balaban J connectivity index is 1.27. The van der Waals surface area contributed by atoms with Crippen LogP contribution in [0.15, 0.2) is 110 Å². The number of nitrogens with zero attached hydrogens (tertiary/aromatic N) is 1. The molecule has 3 aromatic carbocycles. The second-order valence-electron chi connectivity index (χ2n) is 12.4.